The number of thiazole rings is 1. The van der Waals surface area contributed by atoms with E-state index in [1.165, 1.54) is 28.4 Å². The van der Waals surface area contributed by atoms with E-state index in [0.717, 1.165) is 29.3 Å². The van der Waals surface area contributed by atoms with Crippen LogP contribution in [0.4, 0.5) is 5.13 Å². The topological polar surface area (TPSA) is 85.8 Å². The van der Waals surface area contributed by atoms with Crippen molar-refractivity contribution in [2.24, 2.45) is 0 Å². The van der Waals surface area contributed by atoms with E-state index in [9.17, 15) is 13.2 Å². The lowest BCUT2D eigenvalue weighted by Gasteiger charge is -2.24. The molecule has 2 heterocycles. The molecule has 7 nitrogen and oxygen atoms in total. The van der Waals surface area contributed by atoms with Gasteiger partial charge in [0.2, 0.25) is 0 Å². The molecule has 1 saturated heterocycles. The van der Waals surface area contributed by atoms with Crippen LogP contribution in [0.2, 0.25) is 0 Å². The molecule has 3 aromatic rings. The molecule has 30 heavy (non-hydrogen) atoms. The van der Waals surface area contributed by atoms with Crippen LogP contribution in [0.3, 0.4) is 0 Å². The number of methoxy groups -OCH3 is 1. The Kier molecular flexibility index (Phi) is 5.77. The standard InChI is InChI=1S/C21H22N2O5S2/c1-27-14-9-10-18-17(12-14)22-21(29-18)23(13-15-6-5-11-28-15)20(24)16-7-3-4-8-19(16)30(2,25)26/h3-4,7-10,12,15H,5-6,11,13H2,1-2H3. The van der Waals surface area contributed by atoms with Crippen LogP contribution in [0.5, 0.6) is 5.75 Å². The number of nitrogens with zero attached hydrogens (tertiary/aromatic N) is 2. The number of hydrogen-bond acceptors (Lipinski definition) is 7. The fraction of sp³-hybridized carbons (Fsp3) is 0.333. The predicted molar refractivity (Wildman–Crippen MR) is 116 cm³/mol. The molecule has 1 amide bonds. The van der Waals surface area contributed by atoms with Crippen molar-refractivity contribution >= 4 is 42.4 Å². The van der Waals surface area contributed by atoms with Crippen LogP contribution in [0, 0.1) is 0 Å². The second-order valence-corrected chi connectivity index (χ2v) is 10.1. The normalized spacial score (nSPS) is 16.7. The molecule has 0 N–H and O–H groups in total. The molecule has 1 aliphatic rings. The third-order valence-corrected chi connectivity index (χ3v) is 7.20. The van der Waals surface area contributed by atoms with Gasteiger partial charge in [0.05, 0.1) is 40.4 Å². The lowest BCUT2D eigenvalue weighted by molar-refractivity contribution is 0.0915. The van der Waals surface area contributed by atoms with Gasteiger partial charge >= 0.3 is 0 Å². The van der Waals surface area contributed by atoms with Crippen LogP contribution in [-0.2, 0) is 14.6 Å². The van der Waals surface area contributed by atoms with E-state index >= 15 is 0 Å². The van der Waals surface area contributed by atoms with Gasteiger partial charge in [-0.05, 0) is 37.1 Å². The maximum Gasteiger partial charge on any atom is 0.261 e. The highest BCUT2D eigenvalue weighted by atomic mass is 32.2. The first-order valence-electron chi connectivity index (χ1n) is 9.54. The molecular weight excluding hydrogens is 424 g/mol. The quantitative estimate of drug-likeness (QED) is 0.576. The fourth-order valence-electron chi connectivity index (χ4n) is 3.49. The van der Waals surface area contributed by atoms with E-state index in [-0.39, 0.29) is 16.6 Å². The number of hydrogen-bond donors (Lipinski definition) is 0. The number of amides is 1. The summed E-state index contributed by atoms with van der Waals surface area (Å²) in [6.45, 7) is 0.970. The summed E-state index contributed by atoms with van der Waals surface area (Å²) in [4.78, 5) is 19.7. The second-order valence-electron chi connectivity index (χ2n) is 7.15. The van der Waals surface area contributed by atoms with Crippen molar-refractivity contribution in [2.45, 2.75) is 23.8 Å². The summed E-state index contributed by atoms with van der Waals surface area (Å²) in [5.41, 5.74) is 0.853. The number of benzene rings is 2. The molecule has 1 aromatic heterocycles. The average molecular weight is 447 g/mol. The van der Waals surface area contributed by atoms with E-state index in [0.29, 0.717) is 24.0 Å². The molecular formula is C21H22N2O5S2. The van der Waals surface area contributed by atoms with Gasteiger partial charge < -0.3 is 9.47 Å². The van der Waals surface area contributed by atoms with E-state index in [2.05, 4.69) is 4.98 Å². The predicted octanol–water partition coefficient (Wildman–Crippen LogP) is 3.53. The van der Waals surface area contributed by atoms with E-state index < -0.39 is 15.7 Å². The molecule has 2 aromatic carbocycles. The summed E-state index contributed by atoms with van der Waals surface area (Å²) < 4.78 is 36.4. The van der Waals surface area contributed by atoms with Crippen LogP contribution in [-0.4, -0.2) is 51.9 Å². The number of fused-ring (bicyclic) bond motifs is 1. The van der Waals surface area contributed by atoms with E-state index in [1.54, 1.807) is 19.2 Å². The summed E-state index contributed by atoms with van der Waals surface area (Å²) in [5.74, 6) is 0.274. The number of ether oxygens (including phenoxy) is 2. The Hall–Kier alpha value is -2.49. The molecule has 0 aliphatic carbocycles. The van der Waals surface area contributed by atoms with Crippen LogP contribution in [0.15, 0.2) is 47.4 Å². The molecule has 158 valence electrons. The van der Waals surface area contributed by atoms with Gasteiger partial charge in [0.1, 0.15) is 5.75 Å². The largest absolute Gasteiger partial charge is 0.497 e. The Balaban J connectivity index is 1.78. The van der Waals surface area contributed by atoms with Gasteiger partial charge in [-0.25, -0.2) is 13.4 Å². The van der Waals surface area contributed by atoms with Gasteiger partial charge in [0, 0.05) is 18.9 Å². The molecule has 1 atom stereocenters. The molecule has 9 heteroatoms. The van der Waals surface area contributed by atoms with Gasteiger partial charge in [0.25, 0.3) is 5.91 Å². The van der Waals surface area contributed by atoms with Crippen LogP contribution >= 0.6 is 11.3 Å². The first-order valence-corrected chi connectivity index (χ1v) is 12.2. The molecule has 0 radical (unpaired) electrons. The monoisotopic (exact) mass is 446 g/mol. The third kappa shape index (κ3) is 4.19. The van der Waals surface area contributed by atoms with E-state index in [1.807, 2.05) is 18.2 Å². The van der Waals surface area contributed by atoms with Crippen molar-refractivity contribution in [3.05, 3.63) is 48.0 Å². The lowest BCUT2D eigenvalue weighted by atomic mass is 10.1. The molecule has 0 saturated carbocycles. The Bertz CT molecular complexity index is 1180. The summed E-state index contributed by atoms with van der Waals surface area (Å²) in [7, 11) is -1.98. The molecule has 4 rings (SSSR count). The van der Waals surface area contributed by atoms with Crippen LogP contribution in [0.1, 0.15) is 23.2 Å². The highest BCUT2D eigenvalue weighted by Gasteiger charge is 2.29. The first-order chi connectivity index (χ1) is 14.4. The number of aromatic nitrogens is 1. The van der Waals surface area contributed by atoms with Gasteiger partial charge in [-0.2, -0.15) is 0 Å². The lowest BCUT2D eigenvalue weighted by Crippen LogP contribution is -2.38. The van der Waals surface area contributed by atoms with Gasteiger partial charge in [0.15, 0.2) is 15.0 Å². The number of anilines is 1. The second kappa shape index (κ2) is 8.33. The van der Waals surface area contributed by atoms with E-state index in [4.69, 9.17) is 9.47 Å². The summed E-state index contributed by atoms with van der Waals surface area (Å²) in [6.07, 6.45) is 2.77. The van der Waals surface area contributed by atoms with Crippen molar-refractivity contribution in [3.8, 4) is 5.75 Å². The van der Waals surface area contributed by atoms with Gasteiger partial charge in [-0.3, -0.25) is 9.69 Å². The highest BCUT2D eigenvalue weighted by molar-refractivity contribution is 7.90. The Labute approximate surface area is 179 Å². The van der Waals surface area contributed by atoms with Crippen LogP contribution < -0.4 is 9.64 Å². The number of sulfone groups is 1. The van der Waals surface area contributed by atoms with Crippen molar-refractivity contribution in [1.82, 2.24) is 4.98 Å². The Morgan fingerprint density at radius 1 is 1.30 bits per heavy atom. The van der Waals surface area contributed by atoms with Crippen molar-refractivity contribution < 1.29 is 22.7 Å². The zero-order valence-corrected chi connectivity index (χ0v) is 18.3. The SMILES string of the molecule is COc1ccc2sc(N(CC3CCCO3)C(=O)c3ccccc3S(C)(=O)=O)nc2c1. The smallest absolute Gasteiger partial charge is 0.261 e. The summed E-state index contributed by atoms with van der Waals surface area (Å²) >= 11 is 1.38. The maximum absolute atomic E-state index is 13.5. The average Bonchev–Trinajstić information content (AvgIpc) is 3.39. The Morgan fingerprint density at radius 3 is 2.80 bits per heavy atom. The van der Waals surface area contributed by atoms with Gasteiger partial charge in [-0.1, -0.05) is 23.5 Å². The van der Waals surface area contributed by atoms with Crippen molar-refractivity contribution in [3.63, 3.8) is 0 Å². The number of rotatable bonds is 6. The number of carbonyl (C=O) groups is 1. The maximum atomic E-state index is 13.5. The number of carbonyl (C=O) groups excluding carboxylic acids is 1. The molecule has 0 bridgehead atoms. The van der Waals surface area contributed by atoms with Gasteiger partial charge in [-0.15, -0.1) is 0 Å². The minimum atomic E-state index is -3.57. The molecule has 0 spiro atoms. The molecule has 1 unspecified atom stereocenters. The summed E-state index contributed by atoms with van der Waals surface area (Å²) in [6, 6.07) is 11.8. The highest BCUT2D eigenvalue weighted by Crippen LogP contribution is 2.33. The summed E-state index contributed by atoms with van der Waals surface area (Å²) in [5, 5.41) is 0.502. The Morgan fingerprint density at radius 2 is 2.10 bits per heavy atom. The molecule has 1 aliphatic heterocycles. The van der Waals surface area contributed by atoms with Crippen molar-refractivity contribution in [2.75, 3.05) is 31.4 Å². The zero-order valence-electron chi connectivity index (χ0n) is 16.7. The van der Waals surface area contributed by atoms with Crippen molar-refractivity contribution in [1.29, 1.82) is 0 Å². The third-order valence-electron chi connectivity index (χ3n) is 4.99. The minimum absolute atomic E-state index is 0.00937. The first kappa shape index (κ1) is 20.8. The molecule has 1 fully saturated rings. The minimum Gasteiger partial charge on any atom is -0.497 e. The van der Waals surface area contributed by atoms with Crippen LogP contribution in [0.25, 0.3) is 10.2 Å². The zero-order chi connectivity index (χ0) is 21.3. The fourth-order valence-corrected chi connectivity index (χ4v) is 5.32.